The second-order valence-corrected chi connectivity index (χ2v) is 2.49. The molecular weight excluding hydrogens is 328 g/mol. The number of aryl methyl sites for hydroxylation is 1. The maximum absolute atomic E-state index is 10.9. The van der Waals surface area contributed by atoms with Crippen LogP contribution in [0.2, 0.25) is 0 Å². The minimum Gasteiger partial charge on any atom is -0.554 e. The molecule has 0 spiro atoms. The van der Waals surface area contributed by atoms with E-state index in [4.69, 9.17) is 4.52 Å². The van der Waals surface area contributed by atoms with Crippen molar-refractivity contribution in [2.75, 3.05) is 0 Å². The van der Waals surface area contributed by atoms with Gasteiger partial charge in [0.1, 0.15) is 11.1 Å². The van der Waals surface area contributed by atoms with Crippen LogP contribution in [0.25, 0.3) is 11.0 Å². The van der Waals surface area contributed by atoms with Crippen LogP contribution in [0.4, 0.5) is 0 Å². The summed E-state index contributed by atoms with van der Waals surface area (Å²) in [5, 5.41) is 3.86. The van der Waals surface area contributed by atoms with E-state index >= 15 is 0 Å². The second-order valence-electron chi connectivity index (χ2n) is 2.49. The van der Waals surface area contributed by atoms with Crippen molar-refractivity contribution in [3.05, 3.63) is 34.1 Å². The largest absolute Gasteiger partial charge is 0.554 e. The molecule has 0 aliphatic carbocycles. The maximum atomic E-state index is 10.9. The van der Waals surface area contributed by atoms with Crippen molar-refractivity contribution >= 4 is 11.0 Å². The molecule has 2 rings (SSSR count). The normalized spacial score (nSPS) is 9.75. The summed E-state index contributed by atoms with van der Waals surface area (Å²) in [4.78, 5) is 10.9. The topological polar surface area (TPSA) is 44.3 Å². The predicted octanol–water partition coefficient (Wildman–Crippen LogP) is 1.06. The van der Waals surface area contributed by atoms with Crippen LogP contribution in [0.5, 0.6) is 0 Å². The molecule has 0 saturated carbocycles. The molecule has 0 N–H and O–H groups in total. The fourth-order valence-electron chi connectivity index (χ4n) is 1.02. The molecule has 1 radical (unpaired) electrons. The van der Waals surface area contributed by atoms with Gasteiger partial charge < -0.3 is 14.5 Å². The summed E-state index contributed by atoms with van der Waals surface area (Å²) < 4.78 is 4.77. The molecular formula is C8H6NO2Re-. The SMILES string of the molecule is Cc1ccc2c(=O)[n-]oc2c1.[Re]. The Bertz CT molecular complexity index is 443. The summed E-state index contributed by atoms with van der Waals surface area (Å²) in [5.41, 5.74) is 1.34. The van der Waals surface area contributed by atoms with Gasteiger partial charge in [0.25, 0.3) is 0 Å². The first-order chi connectivity index (χ1) is 5.27. The fourth-order valence-corrected chi connectivity index (χ4v) is 1.02. The van der Waals surface area contributed by atoms with Crippen LogP contribution in [-0.2, 0) is 20.4 Å². The number of aromatic nitrogens is 1. The third-order valence-electron chi connectivity index (χ3n) is 1.59. The standard InChI is InChI=1S/C8H7NO2.Re/c1-5-2-3-6-7(4-5)11-9-8(6)10;/h2-4H,1H3,(H,9,10);/p-1. The number of hydrogen-bond donors (Lipinski definition) is 0. The van der Waals surface area contributed by atoms with Crippen molar-refractivity contribution in [3.63, 3.8) is 0 Å². The Morgan fingerprint density at radius 1 is 1.42 bits per heavy atom. The first-order valence-electron chi connectivity index (χ1n) is 3.30. The van der Waals surface area contributed by atoms with Crippen LogP contribution in [0, 0.1) is 6.92 Å². The minimum atomic E-state index is -0.292. The summed E-state index contributed by atoms with van der Waals surface area (Å²) in [6, 6.07) is 5.38. The molecule has 0 bridgehead atoms. The molecule has 0 aliphatic rings. The summed E-state index contributed by atoms with van der Waals surface area (Å²) in [6.45, 7) is 1.94. The average molecular weight is 334 g/mol. The number of hydrogen-bond acceptors (Lipinski definition) is 2. The zero-order valence-electron chi connectivity index (χ0n) is 6.37. The Morgan fingerprint density at radius 2 is 2.17 bits per heavy atom. The number of fused-ring (bicyclic) bond motifs is 1. The first-order valence-corrected chi connectivity index (χ1v) is 3.30. The van der Waals surface area contributed by atoms with Crippen LogP contribution < -0.4 is 10.7 Å². The van der Waals surface area contributed by atoms with Gasteiger partial charge >= 0.3 is 0 Å². The molecule has 1 heterocycles. The molecule has 1 aromatic carbocycles. The van der Waals surface area contributed by atoms with Gasteiger partial charge in [0.15, 0.2) is 0 Å². The Balaban J connectivity index is 0.000000720. The van der Waals surface area contributed by atoms with E-state index in [2.05, 4.69) is 5.16 Å². The molecule has 0 unspecified atom stereocenters. The minimum absolute atomic E-state index is 0. The quantitative estimate of drug-likeness (QED) is 0.724. The molecule has 1 aromatic heterocycles. The third-order valence-corrected chi connectivity index (χ3v) is 1.59. The second kappa shape index (κ2) is 3.26. The fraction of sp³-hybridized carbons (Fsp3) is 0.125. The molecule has 0 aliphatic heterocycles. The predicted molar refractivity (Wildman–Crippen MR) is 40.5 cm³/mol. The zero-order valence-corrected chi connectivity index (χ0v) is 9.09. The molecule has 0 fully saturated rings. The van der Waals surface area contributed by atoms with E-state index in [1.54, 1.807) is 12.1 Å². The van der Waals surface area contributed by atoms with Crippen LogP contribution in [-0.4, -0.2) is 0 Å². The van der Waals surface area contributed by atoms with E-state index in [0.29, 0.717) is 11.0 Å². The molecule has 2 aromatic rings. The van der Waals surface area contributed by atoms with Crippen molar-refractivity contribution in [1.82, 2.24) is 5.16 Å². The monoisotopic (exact) mass is 335 g/mol. The van der Waals surface area contributed by atoms with Gasteiger partial charge in [-0.1, -0.05) is 6.07 Å². The molecule has 4 heteroatoms. The Hall–Kier alpha value is -0.848. The van der Waals surface area contributed by atoms with Gasteiger partial charge in [-0.15, -0.1) is 0 Å². The van der Waals surface area contributed by atoms with E-state index in [-0.39, 0.29) is 26.0 Å². The smallest absolute Gasteiger partial charge is 0.116 e. The van der Waals surface area contributed by atoms with Crippen molar-refractivity contribution < 1.29 is 24.9 Å². The van der Waals surface area contributed by atoms with Crippen LogP contribution in [0.1, 0.15) is 5.56 Å². The third kappa shape index (κ3) is 1.36. The van der Waals surface area contributed by atoms with Gasteiger partial charge in [-0.25, -0.2) is 0 Å². The number of rotatable bonds is 0. The molecule has 3 nitrogen and oxygen atoms in total. The van der Waals surface area contributed by atoms with E-state index in [1.165, 1.54) is 0 Å². The van der Waals surface area contributed by atoms with Gasteiger partial charge in [0.05, 0.1) is 0 Å². The Labute approximate surface area is 82.4 Å². The van der Waals surface area contributed by atoms with Crippen molar-refractivity contribution in [1.29, 1.82) is 0 Å². The maximum Gasteiger partial charge on any atom is 0.116 e. The zero-order chi connectivity index (χ0) is 7.84. The summed E-state index contributed by atoms with van der Waals surface area (Å²) in [5.74, 6) is 0. The van der Waals surface area contributed by atoms with Crippen LogP contribution in [0.15, 0.2) is 27.5 Å². The van der Waals surface area contributed by atoms with Gasteiger partial charge in [-0.05, 0) is 24.6 Å². The van der Waals surface area contributed by atoms with E-state index < -0.39 is 0 Å². The molecule has 0 atom stereocenters. The summed E-state index contributed by atoms with van der Waals surface area (Å²) in [6.07, 6.45) is 0. The molecule has 0 amide bonds. The van der Waals surface area contributed by atoms with E-state index in [0.717, 1.165) is 5.56 Å². The molecule has 0 saturated heterocycles. The van der Waals surface area contributed by atoms with Gasteiger partial charge in [0, 0.05) is 25.8 Å². The van der Waals surface area contributed by atoms with Crippen molar-refractivity contribution in [2.45, 2.75) is 6.92 Å². The van der Waals surface area contributed by atoms with Crippen molar-refractivity contribution in [3.8, 4) is 0 Å². The Morgan fingerprint density at radius 3 is 2.92 bits per heavy atom. The summed E-state index contributed by atoms with van der Waals surface area (Å²) in [7, 11) is 0. The van der Waals surface area contributed by atoms with E-state index in [1.807, 2.05) is 13.0 Å². The first kappa shape index (κ1) is 9.24. The average Bonchev–Trinajstić information content (AvgIpc) is 2.32. The van der Waals surface area contributed by atoms with Gasteiger partial charge in [-0.3, -0.25) is 0 Å². The van der Waals surface area contributed by atoms with Gasteiger partial charge in [-0.2, -0.15) is 0 Å². The number of nitrogens with zero attached hydrogens (tertiary/aromatic N) is 1. The van der Waals surface area contributed by atoms with Crippen LogP contribution in [0.3, 0.4) is 0 Å². The van der Waals surface area contributed by atoms with Crippen LogP contribution >= 0.6 is 0 Å². The van der Waals surface area contributed by atoms with Crippen molar-refractivity contribution in [2.24, 2.45) is 0 Å². The summed E-state index contributed by atoms with van der Waals surface area (Å²) >= 11 is 0. The number of benzene rings is 1. The molecule has 12 heavy (non-hydrogen) atoms. The Kier molecular flexibility index (Phi) is 2.51. The van der Waals surface area contributed by atoms with E-state index in [9.17, 15) is 4.79 Å². The van der Waals surface area contributed by atoms with Gasteiger partial charge in [0.2, 0.25) is 0 Å². The molecule has 63 valence electrons.